The summed E-state index contributed by atoms with van der Waals surface area (Å²) in [5.41, 5.74) is 7.81. The molecule has 0 bridgehead atoms. The third kappa shape index (κ3) is 2.45. The van der Waals surface area contributed by atoms with Crippen LogP contribution in [-0.2, 0) is 6.54 Å². The van der Waals surface area contributed by atoms with Crippen LogP contribution in [0.4, 0.5) is 10.8 Å². The van der Waals surface area contributed by atoms with Gasteiger partial charge in [0.15, 0.2) is 0 Å². The van der Waals surface area contributed by atoms with Crippen LogP contribution in [0.5, 0.6) is 0 Å². The Bertz CT molecular complexity index is 669. The number of rotatable bonds is 4. The first kappa shape index (κ1) is 12.1. The molecule has 6 nitrogen and oxygen atoms in total. The van der Waals surface area contributed by atoms with E-state index >= 15 is 0 Å². The maximum atomic E-state index is 5.93. The number of anilines is 2. The van der Waals surface area contributed by atoms with Crippen molar-refractivity contribution in [3.63, 3.8) is 0 Å². The van der Waals surface area contributed by atoms with Crippen molar-refractivity contribution < 1.29 is 0 Å². The Morgan fingerprint density at radius 1 is 1.47 bits per heavy atom. The molecule has 4 N–H and O–H groups in total. The van der Waals surface area contributed by atoms with Gasteiger partial charge < -0.3 is 16.0 Å². The molecule has 3 rings (SSSR count). The van der Waals surface area contributed by atoms with Crippen LogP contribution >= 0.6 is 22.9 Å². The van der Waals surface area contributed by atoms with Gasteiger partial charge in [0.25, 0.3) is 0 Å². The van der Waals surface area contributed by atoms with Crippen LogP contribution < -0.4 is 11.1 Å². The number of nitrogens with one attached hydrogen (secondary N) is 2. The predicted molar refractivity (Wildman–Crippen MR) is 78.3 cm³/mol. The first-order chi connectivity index (χ1) is 9.24. The quantitative estimate of drug-likeness (QED) is 0.687. The minimum atomic E-state index is 0.515. The smallest absolute Gasteiger partial charge is 0.149 e. The molecule has 0 spiro atoms. The number of hydrogen-bond donors (Lipinski definition) is 3. The Balaban J connectivity index is 1.86. The predicted octanol–water partition coefficient (Wildman–Crippen LogP) is 2.49. The molecule has 0 unspecified atom stereocenters. The summed E-state index contributed by atoms with van der Waals surface area (Å²) in [6, 6.07) is 0. The molecular formula is C11H12N6S2. The molecule has 0 saturated heterocycles. The van der Waals surface area contributed by atoms with Gasteiger partial charge in [-0.25, -0.2) is 9.97 Å². The lowest BCUT2D eigenvalue weighted by Crippen LogP contribution is -2.01. The molecule has 3 heterocycles. The summed E-state index contributed by atoms with van der Waals surface area (Å²) in [6.07, 6.45) is 3.52. The number of thiazole rings is 1. The number of aromatic nitrogens is 4. The summed E-state index contributed by atoms with van der Waals surface area (Å²) >= 11 is 2.91. The average Bonchev–Trinajstić information content (AvgIpc) is 3.08. The molecule has 0 aromatic carbocycles. The van der Waals surface area contributed by atoms with Gasteiger partial charge >= 0.3 is 0 Å². The van der Waals surface area contributed by atoms with Crippen molar-refractivity contribution in [3.05, 3.63) is 29.3 Å². The fourth-order valence-electron chi connectivity index (χ4n) is 1.66. The standard InChI is InChI=1S/C11H12N6S2/c1-6-5-18-11(16-6)8-9(12)17-19-10(8)15-4-7-13-2-3-14-7/h2-3,5,15H,4H2,1H3,(H2,12,17)(H,13,14). The van der Waals surface area contributed by atoms with E-state index in [1.54, 1.807) is 23.7 Å². The number of aromatic amines is 1. The van der Waals surface area contributed by atoms with E-state index in [0.29, 0.717) is 12.4 Å². The number of H-pyrrole nitrogens is 1. The minimum Gasteiger partial charge on any atom is -0.382 e. The number of nitrogen functional groups attached to an aromatic ring is 1. The molecule has 0 aliphatic carbocycles. The van der Waals surface area contributed by atoms with Crippen molar-refractivity contribution in [1.29, 1.82) is 0 Å². The Hall–Kier alpha value is -1.93. The lowest BCUT2D eigenvalue weighted by Gasteiger charge is -2.03. The Morgan fingerprint density at radius 3 is 3.05 bits per heavy atom. The highest BCUT2D eigenvalue weighted by Gasteiger charge is 2.16. The number of hydrogen-bond acceptors (Lipinski definition) is 7. The van der Waals surface area contributed by atoms with Crippen molar-refractivity contribution >= 4 is 33.7 Å². The van der Waals surface area contributed by atoms with E-state index in [9.17, 15) is 0 Å². The molecule has 98 valence electrons. The van der Waals surface area contributed by atoms with Crippen LogP contribution in [0.2, 0.25) is 0 Å². The summed E-state index contributed by atoms with van der Waals surface area (Å²) in [7, 11) is 0. The van der Waals surface area contributed by atoms with Crippen LogP contribution in [0.3, 0.4) is 0 Å². The van der Waals surface area contributed by atoms with Crippen molar-refractivity contribution in [1.82, 2.24) is 19.3 Å². The molecule has 0 saturated carbocycles. The summed E-state index contributed by atoms with van der Waals surface area (Å²) < 4.78 is 4.20. The van der Waals surface area contributed by atoms with Gasteiger partial charge in [-0.15, -0.1) is 11.3 Å². The third-order valence-electron chi connectivity index (χ3n) is 2.52. The second-order valence-corrected chi connectivity index (χ2v) is 5.59. The zero-order valence-electron chi connectivity index (χ0n) is 10.2. The van der Waals surface area contributed by atoms with E-state index in [1.165, 1.54) is 11.5 Å². The van der Waals surface area contributed by atoms with E-state index < -0.39 is 0 Å². The lowest BCUT2D eigenvalue weighted by atomic mass is 10.3. The zero-order chi connectivity index (χ0) is 13.2. The van der Waals surface area contributed by atoms with E-state index in [1.807, 2.05) is 12.3 Å². The summed E-state index contributed by atoms with van der Waals surface area (Å²) in [5, 5.41) is 7.11. The average molecular weight is 292 g/mol. The van der Waals surface area contributed by atoms with Gasteiger partial charge in [-0.1, -0.05) is 0 Å². The molecule has 19 heavy (non-hydrogen) atoms. The van der Waals surface area contributed by atoms with Gasteiger partial charge in [0, 0.05) is 23.5 Å². The van der Waals surface area contributed by atoms with Crippen LogP contribution in [0.15, 0.2) is 17.8 Å². The van der Waals surface area contributed by atoms with E-state index in [-0.39, 0.29) is 0 Å². The monoisotopic (exact) mass is 292 g/mol. The maximum absolute atomic E-state index is 5.93. The molecule has 8 heteroatoms. The van der Waals surface area contributed by atoms with E-state index in [2.05, 4.69) is 24.6 Å². The van der Waals surface area contributed by atoms with Crippen molar-refractivity contribution in [2.45, 2.75) is 13.5 Å². The number of nitrogens with zero attached hydrogens (tertiary/aromatic N) is 3. The highest BCUT2D eigenvalue weighted by atomic mass is 32.1. The van der Waals surface area contributed by atoms with Crippen molar-refractivity contribution in [2.24, 2.45) is 0 Å². The molecule has 0 aliphatic heterocycles. The van der Waals surface area contributed by atoms with Gasteiger partial charge in [-0.2, -0.15) is 4.37 Å². The second kappa shape index (κ2) is 4.98. The van der Waals surface area contributed by atoms with Crippen LogP contribution in [0, 0.1) is 6.92 Å². The molecule has 0 aliphatic rings. The molecular weight excluding hydrogens is 280 g/mol. The van der Waals surface area contributed by atoms with Crippen molar-refractivity contribution in [2.75, 3.05) is 11.1 Å². The Labute approximate surface area is 117 Å². The SMILES string of the molecule is Cc1csc(-c2c(N)nsc2NCc2ncc[nH]2)n1. The summed E-state index contributed by atoms with van der Waals surface area (Å²) in [6.45, 7) is 2.57. The number of imidazole rings is 1. The zero-order valence-corrected chi connectivity index (χ0v) is 11.8. The molecule has 3 aromatic heterocycles. The van der Waals surface area contributed by atoms with Crippen LogP contribution in [0.1, 0.15) is 11.5 Å². The first-order valence-corrected chi connectivity index (χ1v) is 7.29. The van der Waals surface area contributed by atoms with Gasteiger partial charge in [-0.3, -0.25) is 0 Å². The van der Waals surface area contributed by atoms with Gasteiger partial charge in [0.2, 0.25) is 0 Å². The maximum Gasteiger partial charge on any atom is 0.149 e. The van der Waals surface area contributed by atoms with Crippen molar-refractivity contribution in [3.8, 4) is 10.6 Å². The fraction of sp³-hybridized carbons (Fsp3) is 0.182. The fourth-order valence-corrected chi connectivity index (χ4v) is 3.29. The van der Waals surface area contributed by atoms with Gasteiger partial charge in [0.05, 0.1) is 12.1 Å². The van der Waals surface area contributed by atoms with Crippen LogP contribution in [-0.4, -0.2) is 19.3 Å². The summed E-state index contributed by atoms with van der Waals surface area (Å²) in [5.74, 6) is 1.38. The van der Waals surface area contributed by atoms with Gasteiger partial charge in [-0.05, 0) is 18.5 Å². The second-order valence-electron chi connectivity index (χ2n) is 3.96. The third-order valence-corrected chi connectivity index (χ3v) is 4.32. The van der Waals surface area contributed by atoms with Gasteiger partial charge in [0.1, 0.15) is 21.7 Å². The van der Waals surface area contributed by atoms with E-state index in [4.69, 9.17) is 5.73 Å². The highest BCUT2D eigenvalue weighted by Crippen LogP contribution is 2.38. The lowest BCUT2D eigenvalue weighted by molar-refractivity contribution is 1.00. The highest BCUT2D eigenvalue weighted by molar-refractivity contribution is 7.15. The number of nitrogens with two attached hydrogens (primary N) is 1. The number of aryl methyl sites for hydroxylation is 1. The molecule has 0 radical (unpaired) electrons. The Morgan fingerprint density at radius 2 is 2.37 bits per heavy atom. The van der Waals surface area contributed by atoms with Crippen LogP contribution in [0.25, 0.3) is 10.6 Å². The Kier molecular flexibility index (Phi) is 3.18. The molecule has 0 fully saturated rings. The van der Waals surface area contributed by atoms with E-state index in [0.717, 1.165) is 27.1 Å². The first-order valence-electron chi connectivity index (χ1n) is 5.64. The summed E-state index contributed by atoms with van der Waals surface area (Å²) in [4.78, 5) is 11.7. The largest absolute Gasteiger partial charge is 0.382 e. The normalized spacial score (nSPS) is 10.8. The topological polar surface area (TPSA) is 92.5 Å². The molecule has 0 atom stereocenters. The minimum absolute atomic E-state index is 0.515. The molecule has 0 amide bonds. The molecule has 3 aromatic rings.